The molecule has 2 nitrogen and oxygen atoms in total. The summed E-state index contributed by atoms with van der Waals surface area (Å²) in [7, 11) is 2.21. The van der Waals surface area contributed by atoms with E-state index in [1.807, 2.05) is 0 Å². The SMILES string of the molecule is C[C@@H](CCc1ccccc1)N1CCN(C)CC1. The molecule has 94 valence electrons. The molecule has 0 radical (unpaired) electrons. The third-order valence-electron chi connectivity index (χ3n) is 3.85. The molecule has 0 amide bonds. The second-order valence-electron chi connectivity index (χ2n) is 5.21. The standard InChI is InChI=1S/C15H24N2/c1-14(17-12-10-16(2)11-13-17)8-9-15-6-4-3-5-7-15/h3-7,14H,8-13H2,1-2H3/t14-/m0/s1. The fourth-order valence-corrected chi connectivity index (χ4v) is 2.47. The molecule has 0 spiro atoms. The van der Waals surface area contributed by atoms with E-state index in [1.54, 1.807) is 0 Å². The van der Waals surface area contributed by atoms with E-state index in [9.17, 15) is 0 Å². The lowest BCUT2D eigenvalue weighted by atomic mass is 10.0. The van der Waals surface area contributed by atoms with Crippen molar-refractivity contribution < 1.29 is 0 Å². The lowest BCUT2D eigenvalue weighted by molar-refractivity contribution is 0.115. The first kappa shape index (κ1) is 12.6. The summed E-state index contributed by atoms with van der Waals surface area (Å²) in [4.78, 5) is 5.04. The van der Waals surface area contributed by atoms with Gasteiger partial charge < -0.3 is 4.90 Å². The van der Waals surface area contributed by atoms with Crippen LogP contribution >= 0.6 is 0 Å². The number of rotatable bonds is 4. The second-order valence-corrected chi connectivity index (χ2v) is 5.21. The van der Waals surface area contributed by atoms with Crippen LogP contribution in [0.15, 0.2) is 30.3 Å². The van der Waals surface area contributed by atoms with E-state index in [-0.39, 0.29) is 0 Å². The van der Waals surface area contributed by atoms with Gasteiger partial charge in [-0.05, 0) is 32.4 Å². The molecule has 0 aromatic heterocycles. The third kappa shape index (κ3) is 3.83. The van der Waals surface area contributed by atoms with Crippen LogP contribution in [0.4, 0.5) is 0 Å². The van der Waals surface area contributed by atoms with Crippen molar-refractivity contribution in [3.8, 4) is 0 Å². The summed E-state index contributed by atoms with van der Waals surface area (Å²) in [5, 5.41) is 0. The minimum Gasteiger partial charge on any atom is -0.304 e. The number of piperazine rings is 1. The maximum atomic E-state index is 2.63. The quantitative estimate of drug-likeness (QED) is 0.785. The monoisotopic (exact) mass is 232 g/mol. The zero-order chi connectivity index (χ0) is 12.1. The molecule has 1 aromatic rings. The van der Waals surface area contributed by atoms with Gasteiger partial charge in [-0.1, -0.05) is 30.3 Å². The lowest BCUT2D eigenvalue weighted by Crippen LogP contribution is -2.48. The lowest BCUT2D eigenvalue weighted by Gasteiger charge is -2.36. The van der Waals surface area contributed by atoms with Crippen molar-refractivity contribution >= 4 is 0 Å². The largest absolute Gasteiger partial charge is 0.304 e. The molecule has 0 bridgehead atoms. The highest BCUT2D eigenvalue weighted by molar-refractivity contribution is 5.14. The van der Waals surface area contributed by atoms with Gasteiger partial charge in [-0.25, -0.2) is 0 Å². The first-order valence-corrected chi connectivity index (χ1v) is 6.72. The van der Waals surface area contributed by atoms with Crippen LogP contribution in [0.3, 0.4) is 0 Å². The van der Waals surface area contributed by atoms with Crippen molar-refractivity contribution in [1.29, 1.82) is 0 Å². The van der Waals surface area contributed by atoms with Crippen molar-refractivity contribution in [3.05, 3.63) is 35.9 Å². The van der Waals surface area contributed by atoms with E-state index in [1.165, 1.54) is 44.6 Å². The maximum absolute atomic E-state index is 2.63. The molecule has 2 heteroatoms. The number of hydrogen-bond donors (Lipinski definition) is 0. The predicted molar refractivity (Wildman–Crippen MR) is 73.3 cm³/mol. The number of likely N-dealkylation sites (N-methyl/N-ethyl adjacent to an activating group) is 1. The van der Waals surface area contributed by atoms with Gasteiger partial charge in [-0.2, -0.15) is 0 Å². The van der Waals surface area contributed by atoms with Crippen LogP contribution in [0.2, 0.25) is 0 Å². The van der Waals surface area contributed by atoms with Crippen molar-refractivity contribution in [2.24, 2.45) is 0 Å². The first-order chi connectivity index (χ1) is 8.25. The van der Waals surface area contributed by atoms with E-state index in [0.717, 1.165) is 0 Å². The number of nitrogens with zero attached hydrogens (tertiary/aromatic N) is 2. The summed E-state index contributed by atoms with van der Waals surface area (Å²) in [5.74, 6) is 0. The molecule has 1 saturated heterocycles. The highest BCUT2D eigenvalue weighted by Crippen LogP contribution is 2.11. The van der Waals surface area contributed by atoms with Crippen LogP contribution in [0.1, 0.15) is 18.9 Å². The second kappa shape index (κ2) is 6.18. The van der Waals surface area contributed by atoms with Gasteiger partial charge in [0.2, 0.25) is 0 Å². The van der Waals surface area contributed by atoms with E-state index in [2.05, 4.69) is 54.1 Å². The van der Waals surface area contributed by atoms with Gasteiger partial charge in [-0.3, -0.25) is 4.90 Å². The summed E-state index contributed by atoms with van der Waals surface area (Å²) in [6, 6.07) is 11.5. The Hall–Kier alpha value is -0.860. The normalized spacial score (nSPS) is 20.4. The van der Waals surface area contributed by atoms with Crippen molar-refractivity contribution in [2.45, 2.75) is 25.8 Å². The van der Waals surface area contributed by atoms with Crippen molar-refractivity contribution in [2.75, 3.05) is 33.2 Å². The fourth-order valence-electron chi connectivity index (χ4n) is 2.47. The molecular formula is C15H24N2. The Morgan fingerprint density at radius 3 is 2.35 bits per heavy atom. The number of benzene rings is 1. The molecule has 1 heterocycles. The van der Waals surface area contributed by atoms with Crippen LogP contribution in [-0.2, 0) is 6.42 Å². The highest BCUT2D eigenvalue weighted by Gasteiger charge is 2.18. The van der Waals surface area contributed by atoms with Gasteiger partial charge in [0.05, 0.1) is 0 Å². The molecule has 1 atom stereocenters. The molecule has 1 fully saturated rings. The summed E-state index contributed by atoms with van der Waals surface area (Å²) >= 11 is 0. The van der Waals surface area contributed by atoms with E-state index in [0.29, 0.717) is 6.04 Å². The molecule has 1 aliphatic heterocycles. The Morgan fingerprint density at radius 1 is 1.06 bits per heavy atom. The number of hydrogen-bond acceptors (Lipinski definition) is 2. The molecule has 2 rings (SSSR count). The number of aryl methyl sites for hydroxylation is 1. The summed E-state index contributed by atoms with van der Waals surface area (Å²) in [5.41, 5.74) is 1.47. The molecular weight excluding hydrogens is 208 g/mol. The Labute approximate surface area is 105 Å². The summed E-state index contributed by atoms with van der Waals surface area (Å²) in [6.07, 6.45) is 2.47. The third-order valence-corrected chi connectivity index (χ3v) is 3.85. The van der Waals surface area contributed by atoms with Crippen molar-refractivity contribution in [3.63, 3.8) is 0 Å². The minimum atomic E-state index is 0.712. The molecule has 17 heavy (non-hydrogen) atoms. The average Bonchev–Trinajstić information content (AvgIpc) is 2.38. The first-order valence-electron chi connectivity index (χ1n) is 6.72. The van der Waals surface area contributed by atoms with E-state index < -0.39 is 0 Å². The maximum Gasteiger partial charge on any atom is 0.0113 e. The van der Waals surface area contributed by atoms with Gasteiger partial charge in [0.25, 0.3) is 0 Å². The average molecular weight is 232 g/mol. The molecule has 1 aliphatic rings. The van der Waals surface area contributed by atoms with Crippen LogP contribution in [-0.4, -0.2) is 49.1 Å². The minimum absolute atomic E-state index is 0.712. The van der Waals surface area contributed by atoms with Crippen LogP contribution in [0.5, 0.6) is 0 Å². The Kier molecular flexibility index (Phi) is 4.57. The van der Waals surface area contributed by atoms with E-state index in [4.69, 9.17) is 0 Å². The van der Waals surface area contributed by atoms with Gasteiger partial charge in [0.1, 0.15) is 0 Å². The Bertz CT molecular complexity index is 315. The zero-order valence-electron chi connectivity index (χ0n) is 11.1. The summed E-state index contributed by atoms with van der Waals surface area (Å²) < 4.78 is 0. The van der Waals surface area contributed by atoms with Gasteiger partial charge in [0.15, 0.2) is 0 Å². The molecule has 0 aliphatic carbocycles. The highest BCUT2D eigenvalue weighted by atomic mass is 15.3. The smallest absolute Gasteiger partial charge is 0.0113 e. The van der Waals surface area contributed by atoms with E-state index >= 15 is 0 Å². The molecule has 1 aromatic carbocycles. The van der Waals surface area contributed by atoms with Crippen molar-refractivity contribution in [1.82, 2.24) is 9.80 Å². The van der Waals surface area contributed by atoms with Crippen LogP contribution < -0.4 is 0 Å². The van der Waals surface area contributed by atoms with Gasteiger partial charge >= 0.3 is 0 Å². The Balaban J connectivity index is 1.75. The van der Waals surface area contributed by atoms with Crippen LogP contribution in [0.25, 0.3) is 0 Å². The van der Waals surface area contributed by atoms with Gasteiger partial charge in [-0.15, -0.1) is 0 Å². The topological polar surface area (TPSA) is 6.48 Å². The fraction of sp³-hybridized carbons (Fsp3) is 0.600. The molecule has 0 unspecified atom stereocenters. The van der Waals surface area contributed by atoms with Crippen LogP contribution in [0, 0.1) is 0 Å². The molecule has 0 N–H and O–H groups in total. The Morgan fingerprint density at radius 2 is 1.71 bits per heavy atom. The zero-order valence-corrected chi connectivity index (χ0v) is 11.1. The summed E-state index contributed by atoms with van der Waals surface area (Å²) in [6.45, 7) is 7.26. The van der Waals surface area contributed by atoms with Gasteiger partial charge in [0, 0.05) is 32.2 Å². The predicted octanol–water partition coefficient (Wildman–Crippen LogP) is 2.26. The molecule has 0 saturated carbocycles.